The Hall–Kier alpha value is -1.23. The minimum Gasteiger partial charge on any atom is -0.306 e. The van der Waals surface area contributed by atoms with Crippen molar-refractivity contribution in [3.8, 4) is 12.1 Å². The lowest BCUT2D eigenvalue weighted by molar-refractivity contribution is 0.345. The molecule has 1 N–H and O–H groups in total. The molecule has 0 heterocycles. The zero-order valence-electron chi connectivity index (χ0n) is 7.93. The fourth-order valence-electron chi connectivity index (χ4n) is 0.966. The van der Waals surface area contributed by atoms with Gasteiger partial charge in [0.1, 0.15) is 0 Å². The van der Waals surface area contributed by atoms with Gasteiger partial charge in [0, 0.05) is 11.3 Å². The summed E-state index contributed by atoms with van der Waals surface area (Å²) in [6, 6.07) is 9.09. The number of benzene rings is 1. The SMILES string of the molecule is C#CP(=O)(Nc1ccccc1)OCC. The van der Waals surface area contributed by atoms with Gasteiger partial charge < -0.3 is 9.61 Å². The third-order valence-corrected chi connectivity index (χ3v) is 3.05. The first-order valence-corrected chi connectivity index (χ1v) is 5.88. The van der Waals surface area contributed by atoms with E-state index in [9.17, 15) is 4.57 Å². The van der Waals surface area contributed by atoms with E-state index in [2.05, 4.69) is 10.7 Å². The monoisotopic (exact) mass is 209 g/mol. The molecular formula is C10H12NO2P. The summed E-state index contributed by atoms with van der Waals surface area (Å²) in [5, 5.41) is 2.70. The van der Waals surface area contributed by atoms with E-state index < -0.39 is 7.52 Å². The maximum Gasteiger partial charge on any atom is 0.367 e. The summed E-state index contributed by atoms with van der Waals surface area (Å²) < 4.78 is 16.8. The second-order valence-corrected chi connectivity index (χ2v) is 4.42. The van der Waals surface area contributed by atoms with Crippen LogP contribution in [0.25, 0.3) is 0 Å². The van der Waals surface area contributed by atoms with Crippen molar-refractivity contribution in [2.24, 2.45) is 0 Å². The van der Waals surface area contributed by atoms with Gasteiger partial charge in [-0.05, 0) is 19.1 Å². The highest BCUT2D eigenvalue weighted by molar-refractivity contribution is 7.65. The molecule has 0 saturated carbocycles. The molecular weight excluding hydrogens is 197 g/mol. The quantitative estimate of drug-likeness (QED) is 0.612. The van der Waals surface area contributed by atoms with Crippen molar-refractivity contribution in [1.82, 2.24) is 0 Å². The molecule has 4 heteroatoms. The number of anilines is 1. The van der Waals surface area contributed by atoms with Crippen LogP contribution < -0.4 is 5.09 Å². The molecule has 74 valence electrons. The van der Waals surface area contributed by atoms with Crippen LogP contribution in [0.3, 0.4) is 0 Å². The van der Waals surface area contributed by atoms with Crippen LogP contribution in [0.5, 0.6) is 0 Å². The van der Waals surface area contributed by atoms with Gasteiger partial charge in [0.15, 0.2) is 0 Å². The highest BCUT2D eigenvalue weighted by Gasteiger charge is 2.18. The van der Waals surface area contributed by atoms with E-state index >= 15 is 0 Å². The van der Waals surface area contributed by atoms with Crippen molar-refractivity contribution < 1.29 is 9.09 Å². The second-order valence-electron chi connectivity index (χ2n) is 2.58. The summed E-state index contributed by atoms with van der Waals surface area (Å²) in [6.07, 6.45) is 5.14. The zero-order chi connectivity index (χ0) is 10.4. The van der Waals surface area contributed by atoms with E-state index in [0.29, 0.717) is 12.3 Å². The lowest BCUT2D eigenvalue weighted by atomic mass is 10.3. The lowest BCUT2D eigenvalue weighted by Gasteiger charge is -2.13. The number of nitrogens with one attached hydrogen (secondary N) is 1. The van der Waals surface area contributed by atoms with E-state index in [1.54, 1.807) is 19.1 Å². The highest BCUT2D eigenvalue weighted by atomic mass is 31.2. The topological polar surface area (TPSA) is 38.3 Å². The summed E-state index contributed by atoms with van der Waals surface area (Å²) in [5.41, 5.74) is 2.85. The Morgan fingerprint density at radius 2 is 2.14 bits per heavy atom. The van der Waals surface area contributed by atoms with E-state index in [4.69, 9.17) is 10.9 Å². The lowest BCUT2D eigenvalue weighted by Crippen LogP contribution is -1.98. The Bertz CT molecular complexity index is 369. The fourth-order valence-corrected chi connectivity index (χ4v) is 2.02. The number of terminal acetylenes is 1. The van der Waals surface area contributed by atoms with Gasteiger partial charge in [-0.25, -0.2) is 0 Å². The molecule has 0 fully saturated rings. The van der Waals surface area contributed by atoms with Crippen molar-refractivity contribution in [3.63, 3.8) is 0 Å². The highest BCUT2D eigenvalue weighted by Crippen LogP contribution is 2.44. The number of hydrogen-bond acceptors (Lipinski definition) is 2. The molecule has 0 bridgehead atoms. The molecule has 0 aliphatic heterocycles. The molecule has 0 amide bonds. The van der Waals surface area contributed by atoms with Crippen LogP contribution in [-0.4, -0.2) is 6.61 Å². The molecule has 0 radical (unpaired) electrons. The first-order valence-electron chi connectivity index (χ1n) is 4.26. The Morgan fingerprint density at radius 3 is 2.64 bits per heavy atom. The number of hydrogen-bond donors (Lipinski definition) is 1. The number of rotatable bonds is 4. The molecule has 0 spiro atoms. The van der Waals surface area contributed by atoms with E-state index in [-0.39, 0.29) is 0 Å². The average Bonchev–Trinajstić information content (AvgIpc) is 2.20. The fraction of sp³-hybridized carbons (Fsp3) is 0.200. The van der Waals surface area contributed by atoms with Gasteiger partial charge in [-0.1, -0.05) is 18.2 Å². The van der Waals surface area contributed by atoms with E-state index in [1.165, 1.54) is 0 Å². The van der Waals surface area contributed by atoms with Crippen LogP contribution in [0.15, 0.2) is 30.3 Å². The van der Waals surface area contributed by atoms with Gasteiger partial charge in [-0.15, -0.1) is 6.42 Å². The molecule has 1 rings (SSSR count). The third kappa shape index (κ3) is 2.92. The predicted octanol–water partition coefficient (Wildman–Crippen LogP) is 2.92. The van der Waals surface area contributed by atoms with Crippen LogP contribution in [0.2, 0.25) is 0 Å². The van der Waals surface area contributed by atoms with Crippen LogP contribution >= 0.6 is 7.52 Å². The molecule has 1 aromatic rings. The first-order chi connectivity index (χ1) is 6.70. The molecule has 0 aromatic heterocycles. The van der Waals surface area contributed by atoms with Gasteiger partial charge in [-0.3, -0.25) is 4.57 Å². The largest absolute Gasteiger partial charge is 0.367 e. The van der Waals surface area contributed by atoms with Gasteiger partial charge in [-0.2, -0.15) is 0 Å². The molecule has 0 aliphatic rings. The first kappa shape index (κ1) is 10.8. The normalized spacial score (nSPS) is 14.0. The smallest absolute Gasteiger partial charge is 0.306 e. The van der Waals surface area contributed by atoms with Crippen LogP contribution in [0.4, 0.5) is 5.69 Å². The summed E-state index contributed by atoms with van der Waals surface area (Å²) >= 11 is 0. The van der Waals surface area contributed by atoms with Crippen molar-refractivity contribution in [2.75, 3.05) is 11.7 Å². The zero-order valence-corrected chi connectivity index (χ0v) is 8.83. The van der Waals surface area contributed by atoms with Crippen molar-refractivity contribution in [3.05, 3.63) is 30.3 Å². The average molecular weight is 209 g/mol. The summed E-state index contributed by atoms with van der Waals surface area (Å²) in [7, 11) is -3.14. The molecule has 3 nitrogen and oxygen atoms in total. The molecule has 0 saturated heterocycles. The second kappa shape index (κ2) is 4.85. The van der Waals surface area contributed by atoms with Gasteiger partial charge in [0.2, 0.25) is 0 Å². The minimum absolute atomic E-state index is 0.321. The summed E-state index contributed by atoms with van der Waals surface area (Å²) in [4.78, 5) is 0. The minimum atomic E-state index is -3.14. The number of para-hydroxylation sites is 1. The Kier molecular flexibility index (Phi) is 3.76. The predicted molar refractivity (Wildman–Crippen MR) is 58.1 cm³/mol. The van der Waals surface area contributed by atoms with E-state index in [1.807, 2.05) is 18.2 Å². The van der Waals surface area contributed by atoms with Crippen molar-refractivity contribution in [2.45, 2.75) is 6.92 Å². The molecule has 1 atom stereocenters. The van der Waals surface area contributed by atoms with Crippen molar-refractivity contribution in [1.29, 1.82) is 0 Å². The van der Waals surface area contributed by atoms with Crippen LogP contribution in [0.1, 0.15) is 6.92 Å². The maximum atomic E-state index is 11.8. The van der Waals surface area contributed by atoms with Gasteiger partial charge in [0.25, 0.3) is 0 Å². The van der Waals surface area contributed by atoms with Crippen LogP contribution in [-0.2, 0) is 9.09 Å². The molecule has 1 unspecified atom stereocenters. The third-order valence-electron chi connectivity index (χ3n) is 1.53. The summed E-state index contributed by atoms with van der Waals surface area (Å²) in [5.74, 6) is 0. The van der Waals surface area contributed by atoms with Gasteiger partial charge in [0.05, 0.1) is 6.61 Å². The maximum absolute atomic E-state index is 11.8. The molecule has 14 heavy (non-hydrogen) atoms. The standard InChI is InChI=1S/C10H12NO2P/c1-3-13-14(12,4-2)11-10-8-6-5-7-9-10/h2,5-9H,3H2,1H3,(H,11,12). The molecule has 0 aliphatic carbocycles. The Balaban J connectivity index is 2.77. The Labute approximate surface area is 84.0 Å². The van der Waals surface area contributed by atoms with Gasteiger partial charge >= 0.3 is 7.52 Å². The van der Waals surface area contributed by atoms with Crippen LogP contribution in [0, 0.1) is 12.1 Å². The summed E-state index contributed by atoms with van der Waals surface area (Å²) in [6.45, 7) is 2.07. The van der Waals surface area contributed by atoms with E-state index in [0.717, 1.165) is 0 Å². The molecule has 1 aromatic carbocycles. The Morgan fingerprint density at radius 1 is 1.50 bits per heavy atom. The van der Waals surface area contributed by atoms with Crippen molar-refractivity contribution >= 4 is 13.2 Å².